The fraction of sp³-hybridized carbons (Fsp3) is 0.636. The number of esters is 1. The van der Waals surface area contributed by atoms with Crippen molar-refractivity contribution in [3.05, 3.63) is 0 Å². The van der Waals surface area contributed by atoms with Crippen LogP contribution in [0.4, 0.5) is 5.13 Å². The molecule has 0 spiro atoms. The molecule has 0 aromatic carbocycles. The van der Waals surface area contributed by atoms with E-state index in [2.05, 4.69) is 15.5 Å². The van der Waals surface area contributed by atoms with E-state index in [0.29, 0.717) is 22.5 Å². The van der Waals surface area contributed by atoms with Gasteiger partial charge in [0.05, 0.1) is 12.4 Å². The van der Waals surface area contributed by atoms with Crippen molar-refractivity contribution >= 4 is 40.1 Å². The Kier molecular flexibility index (Phi) is 7.42. The number of rotatable bonds is 8. The highest BCUT2D eigenvalue weighted by molar-refractivity contribution is 8.01. The number of thioether (sulfide) groups is 1. The third-order valence-electron chi connectivity index (χ3n) is 2.03. The molecule has 1 aromatic rings. The molecule has 0 bridgehead atoms. The minimum Gasteiger partial charge on any atom is -0.465 e. The molecule has 6 nitrogen and oxygen atoms in total. The molecule has 0 aliphatic heterocycles. The molecule has 19 heavy (non-hydrogen) atoms. The van der Waals surface area contributed by atoms with E-state index >= 15 is 0 Å². The number of carbonyl (C=O) groups excluding carboxylic acids is 2. The molecule has 0 atom stereocenters. The molecule has 1 rings (SSSR count). The van der Waals surface area contributed by atoms with Gasteiger partial charge in [-0.25, -0.2) is 0 Å². The molecule has 1 N–H and O–H groups in total. The van der Waals surface area contributed by atoms with Gasteiger partial charge in [0.1, 0.15) is 0 Å². The zero-order valence-electron chi connectivity index (χ0n) is 11.0. The zero-order chi connectivity index (χ0) is 14.1. The molecular weight excluding hydrogens is 286 g/mol. The van der Waals surface area contributed by atoms with E-state index in [1.165, 1.54) is 23.1 Å². The van der Waals surface area contributed by atoms with Gasteiger partial charge in [0.25, 0.3) is 0 Å². The normalized spacial score (nSPS) is 10.2. The van der Waals surface area contributed by atoms with Gasteiger partial charge in [-0.1, -0.05) is 36.4 Å². The third-order valence-corrected chi connectivity index (χ3v) is 3.97. The largest absolute Gasteiger partial charge is 0.465 e. The van der Waals surface area contributed by atoms with Gasteiger partial charge >= 0.3 is 5.97 Å². The van der Waals surface area contributed by atoms with E-state index in [-0.39, 0.29) is 17.6 Å². The van der Waals surface area contributed by atoms with Crippen molar-refractivity contribution in [3.8, 4) is 0 Å². The van der Waals surface area contributed by atoms with Gasteiger partial charge in [0.15, 0.2) is 4.34 Å². The number of hydrogen-bond donors (Lipinski definition) is 1. The SMILES string of the molecule is CCCCC(=O)Nc1nnc(SCC(=O)OCC)s1. The average molecular weight is 303 g/mol. The Bertz CT molecular complexity index is 423. The van der Waals surface area contributed by atoms with E-state index in [0.717, 1.165) is 12.8 Å². The first-order chi connectivity index (χ1) is 9.15. The van der Waals surface area contributed by atoms with Crippen LogP contribution in [0.1, 0.15) is 33.1 Å². The second-order valence-corrected chi connectivity index (χ2v) is 5.82. The maximum absolute atomic E-state index is 11.5. The third kappa shape index (κ3) is 6.53. The summed E-state index contributed by atoms with van der Waals surface area (Å²) in [7, 11) is 0. The molecular formula is C11H17N3O3S2. The number of nitrogens with zero attached hydrogens (tertiary/aromatic N) is 2. The number of hydrogen-bond acceptors (Lipinski definition) is 7. The van der Waals surface area contributed by atoms with E-state index in [1.807, 2.05) is 6.92 Å². The van der Waals surface area contributed by atoms with Crippen LogP contribution in [0.5, 0.6) is 0 Å². The summed E-state index contributed by atoms with van der Waals surface area (Å²) < 4.78 is 5.44. The van der Waals surface area contributed by atoms with Crippen LogP contribution < -0.4 is 5.32 Å². The van der Waals surface area contributed by atoms with Crippen LogP contribution >= 0.6 is 23.1 Å². The predicted octanol–water partition coefficient (Wildman–Crippen LogP) is 2.32. The Morgan fingerprint density at radius 3 is 2.84 bits per heavy atom. The lowest BCUT2D eigenvalue weighted by Gasteiger charge is -1.99. The number of amides is 1. The Morgan fingerprint density at radius 2 is 2.16 bits per heavy atom. The topological polar surface area (TPSA) is 81.2 Å². The zero-order valence-corrected chi connectivity index (χ0v) is 12.6. The van der Waals surface area contributed by atoms with Crippen molar-refractivity contribution in [2.24, 2.45) is 0 Å². The lowest BCUT2D eigenvalue weighted by Crippen LogP contribution is -2.10. The number of ether oxygens (including phenoxy) is 1. The van der Waals surface area contributed by atoms with Gasteiger partial charge in [0.2, 0.25) is 11.0 Å². The number of anilines is 1. The number of unbranched alkanes of at least 4 members (excludes halogenated alkanes) is 1. The molecule has 0 saturated carbocycles. The standard InChI is InChI=1S/C11H17N3O3S2/c1-3-5-6-8(15)12-10-13-14-11(19-10)18-7-9(16)17-4-2/h3-7H2,1-2H3,(H,12,13,15). The van der Waals surface area contributed by atoms with Crippen LogP contribution in [0.2, 0.25) is 0 Å². The van der Waals surface area contributed by atoms with Crippen LogP contribution in [0.25, 0.3) is 0 Å². The highest BCUT2D eigenvalue weighted by Crippen LogP contribution is 2.25. The molecule has 1 heterocycles. The summed E-state index contributed by atoms with van der Waals surface area (Å²) >= 11 is 2.51. The lowest BCUT2D eigenvalue weighted by atomic mass is 10.2. The Balaban J connectivity index is 2.35. The maximum atomic E-state index is 11.5. The van der Waals surface area contributed by atoms with Crippen molar-refractivity contribution in [1.29, 1.82) is 0 Å². The van der Waals surface area contributed by atoms with Crippen LogP contribution in [-0.4, -0.2) is 34.4 Å². The molecule has 8 heteroatoms. The number of nitrogens with one attached hydrogen (secondary N) is 1. The van der Waals surface area contributed by atoms with Crippen LogP contribution in [0.15, 0.2) is 4.34 Å². The van der Waals surface area contributed by atoms with Crippen molar-refractivity contribution in [2.45, 2.75) is 37.4 Å². The Morgan fingerprint density at radius 1 is 1.37 bits per heavy atom. The summed E-state index contributed by atoms with van der Waals surface area (Å²) in [5, 5.41) is 10.9. The summed E-state index contributed by atoms with van der Waals surface area (Å²) in [6.07, 6.45) is 2.32. The molecule has 0 aliphatic carbocycles. The highest BCUT2D eigenvalue weighted by Gasteiger charge is 2.10. The summed E-state index contributed by atoms with van der Waals surface area (Å²) in [4.78, 5) is 22.6. The van der Waals surface area contributed by atoms with Crippen LogP contribution in [-0.2, 0) is 14.3 Å². The Labute approximate surface area is 120 Å². The van der Waals surface area contributed by atoms with Crippen molar-refractivity contribution in [3.63, 3.8) is 0 Å². The van der Waals surface area contributed by atoms with Gasteiger partial charge < -0.3 is 10.1 Å². The van der Waals surface area contributed by atoms with Crippen LogP contribution in [0.3, 0.4) is 0 Å². The van der Waals surface area contributed by atoms with Crippen molar-refractivity contribution in [2.75, 3.05) is 17.7 Å². The summed E-state index contributed by atoms with van der Waals surface area (Å²) in [6, 6.07) is 0. The highest BCUT2D eigenvalue weighted by atomic mass is 32.2. The summed E-state index contributed by atoms with van der Waals surface area (Å²) in [5.74, 6) is -0.136. The molecule has 0 aliphatic rings. The van der Waals surface area contributed by atoms with E-state index < -0.39 is 0 Å². The molecule has 1 amide bonds. The van der Waals surface area contributed by atoms with Gasteiger partial charge in [-0.3, -0.25) is 9.59 Å². The summed E-state index contributed by atoms with van der Waals surface area (Å²) in [5.41, 5.74) is 0. The average Bonchev–Trinajstić information content (AvgIpc) is 2.82. The molecule has 0 unspecified atom stereocenters. The lowest BCUT2D eigenvalue weighted by molar-refractivity contribution is -0.139. The molecule has 0 saturated heterocycles. The maximum Gasteiger partial charge on any atom is 0.316 e. The molecule has 1 aromatic heterocycles. The first kappa shape index (κ1) is 15.9. The minimum absolute atomic E-state index is 0.0556. The minimum atomic E-state index is -0.281. The van der Waals surface area contributed by atoms with Gasteiger partial charge in [-0.05, 0) is 13.3 Å². The van der Waals surface area contributed by atoms with Gasteiger partial charge in [-0.15, -0.1) is 10.2 Å². The van der Waals surface area contributed by atoms with E-state index in [4.69, 9.17) is 4.74 Å². The van der Waals surface area contributed by atoms with Crippen molar-refractivity contribution < 1.29 is 14.3 Å². The number of carbonyl (C=O) groups is 2. The molecule has 0 radical (unpaired) electrons. The van der Waals surface area contributed by atoms with E-state index in [9.17, 15) is 9.59 Å². The summed E-state index contributed by atoms with van der Waals surface area (Å²) in [6.45, 7) is 4.16. The first-order valence-corrected chi connectivity index (χ1v) is 7.87. The van der Waals surface area contributed by atoms with Crippen molar-refractivity contribution in [1.82, 2.24) is 10.2 Å². The van der Waals surface area contributed by atoms with E-state index in [1.54, 1.807) is 6.92 Å². The predicted molar refractivity (Wildman–Crippen MR) is 75.4 cm³/mol. The molecule has 106 valence electrons. The fourth-order valence-corrected chi connectivity index (χ4v) is 2.73. The van der Waals surface area contributed by atoms with Gasteiger partial charge in [-0.2, -0.15) is 0 Å². The fourth-order valence-electron chi connectivity index (χ4n) is 1.16. The smallest absolute Gasteiger partial charge is 0.316 e. The second-order valence-electron chi connectivity index (χ2n) is 3.62. The Hall–Kier alpha value is -1.15. The van der Waals surface area contributed by atoms with Gasteiger partial charge in [0, 0.05) is 6.42 Å². The second kappa shape index (κ2) is 8.87. The monoisotopic (exact) mass is 303 g/mol. The quantitative estimate of drug-likeness (QED) is 0.451. The first-order valence-electron chi connectivity index (χ1n) is 6.07. The number of aromatic nitrogens is 2. The van der Waals surface area contributed by atoms with Crippen LogP contribution in [0, 0.1) is 0 Å². The molecule has 0 fully saturated rings.